The average Bonchev–Trinajstić information content (AvgIpc) is 3.07. The SMILES string of the molecule is O=C(Oc1ccc([N+](=O)[O-])cc1)OC1CCCCc2c(nnn2CCF)C1(F)F. The number of nitro groups is 1. The van der Waals surface area contributed by atoms with E-state index in [4.69, 9.17) is 9.47 Å². The molecule has 1 atom stereocenters. The fourth-order valence-electron chi connectivity index (χ4n) is 3.06. The minimum atomic E-state index is -3.64. The fourth-order valence-corrected chi connectivity index (χ4v) is 3.06. The molecule has 0 fully saturated rings. The lowest BCUT2D eigenvalue weighted by Crippen LogP contribution is -2.38. The van der Waals surface area contributed by atoms with E-state index in [2.05, 4.69) is 10.3 Å². The van der Waals surface area contributed by atoms with Crippen molar-refractivity contribution in [2.24, 2.45) is 0 Å². The zero-order chi connectivity index (χ0) is 21.0. The van der Waals surface area contributed by atoms with E-state index in [1.165, 1.54) is 0 Å². The summed E-state index contributed by atoms with van der Waals surface area (Å²) in [5, 5.41) is 17.7. The van der Waals surface area contributed by atoms with Crippen LogP contribution in [0.5, 0.6) is 5.75 Å². The van der Waals surface area contributed by atoms with Crippen molar-refractivity contribution in [1.29, 1.82) is 0 Å². The van der Waals surface area contributed by atoms with Crippen LogP contribution in [-0.2, 0) is 23.6 Å². The summed E-state index contributed by atoms with van der Waals surface area (Å²) in [4.78, 5) is 22.0. The van der Waals surface area contributed by atoms with Crippen molar-refractivity contribution in [3.63, 3.8) is 0 Å². The molecular weight excluding hydrogens is 397 g/mol. The lowest BCUT2D eigenvalue weighted by molar-refractivity contribution is -0.384. The molecule has 0 amide bonds. The number of halogens is 3. The van der Waals surface area contributed by atoms with Gasteiger partial charge in [-0.1, -0.05) is 5.21 Å². The first-order valence-corrected chi connectivity index (χ1v) is 8.82. The summed E-state index contributed by atoms with van der Waals surface area (Å²) in [7, 11) is 0. The summed E-state index contributed by atoms with van der Waals surface area (Å²) in [6.45, 7) is -0.963. The molecule has 9 nitrogen and oxygen atoms in total. The van der Waals surface area contributed by atoms with E-state index < -0.39 is 35.5 Å². The van der Waals surface area contributed by atoms with Gasteiger partial charge in [-0.25, -0.2) is 13.9 Å². The number of carbonyl (C=O) groups excluding carboxylic acids is 1. The molecule has 12 heteroatoms. The molecule has 156 valence electrons. The summed E-state index contributed by atoms with van der Waals surface area (Å²) in [5.41, 5.74) is -0.746. The van der Waals surface area contributed by atoms with Crippen LogP contribution < -0.4 is 4.74 Å². The van der Waals surface area contributed by atoms with Gasteiger partial charge < -0.3 is 9.47 Å². The summed E-state index contributed by atoms with van der Waals surface area (Å²) in [6.07, 6.45) is -2.23. The number of aryl methyl sites for hydroxylation is 1. The average molecular weight is 414 g/mol. The molecule has 1 aliphatic carbocycles. The first kappa shape index (κ1) is 20.6. The maximum absolute atomic E-state index is 15.0. The van der Waals surface area contributed by atoms with E-state index in [1.807, 2.05) is 0 Å². The molecule has 2 aromatic rings. The van der Waals surface area contributed by atoms with Crippen molar-refractivity contribution in [3.8, 4) is 5.75 Å². The zero-order valence-corrected chi connectivity index (χ0v) is 15.1. The van der Waals surface area contributed by atoms with Gasteiger partial charge in [-0.15, -0.1) is 5.10 Å². The Morgan fingerprint density at radius 1 is 1.31 bits per heavy atom. The molecule has 29 heavy (non-hydrogen) atoms. The molecule has 3 rings (SSSR count). The molecule has 0 bridgehead atoms. The second-order valence-electron chi connectivity index (χ2n) is 6.38. The van der Waals surface area contributed by atoms with E-state index in [0.29, 0.717) is 12.8 Å². The van der Waals surface area contributed by atoms with Gasteiger partial charge in [-0.2, -0.15) is 8.78 Å². The number of carbonyl (C=O) groups is 1. The number of non-ortho nitro benzene ring substituents is 1. The minimum absolute atomic E-state index is 0.0932. The van der Waals surface area contributed by atoms with Gasteiger partial charge in [-0.05, 0) is 37.8 Å². The molecule has 1 heterocycles. The third-order valence-corrected chi connectivity index (χ3v) is 4.47. The third kappa shape index (κ3) is 4.46. The van der Waals surface area contributed by atoms with E-state index in [1.54, 1.807) is 0 Å². The molecule has 0 saturated heterocycles. The van der Waals surface area contributed by atoms with Gasteiger partial charge in [0.25, 0.3) is 5.69 Å². The van der Waals surface area contributed by atoms with Crippen molar-refractivity contribution >= 4 is 11.8 Å². The van der Waals surface area contributed by atoms with Gasteiger partial charge in [0.05, 0.1) is 17.2 Å². The van der Waals surface area contributed by atoms with Crippen LogP contribution in [0.25, 0.3) is 0 Å². The monoisotopic (exact) mass is 414 g/mol. The molecule has 0 radical (unpaired) electrons. The van der Waals surface area contributed by atoms with Crippen LogP contribution in [0.2, 0.25) is 0 Å². The standard InChI is InChI=1S/C17H17F3N4O5/c18-9-10-23-13-3-1-2-4-14(17(19,20)15(13)21-22-23)29-16(25)28-12-7-5-11(6-8-12)24(26)27/h5-8,14H,1-4,9-10H2. The molecule has 1 unspecified atom stereocenters. The van der Waals surface area contributed by atoms with Crippen molar-refractivity contribution < 1.29 is 32.4 Å². The van der Waals surface area contributed by atoms with Crippen LogP contribution in [0.15, 0.2) is 24.3 Å². The molecule has 0 N–H and O–H groups in total. The normalized spacial score (nSPS) is 18.2. The van der Waals surface area contributed by atoms with Gasteiger partial charge in [0, 0.05) is 12.1 Å². The van der Waals surface area contributed by atoms with Gasteiger partial charge in [0.15, 0.2) is 11.8 Å². The van der Waals surface area contributed by atoms with Crippen LogP contribution in [-0.4, -0.2) is 38.9 Å². The van der Waals surface area contributed by atoms with Gasteiger partial charge in [0.1, 0.15) is 12.4 Å². The number of hydrogen-bond donors (Lipinski definition) is 0. The Balaban J connectivity index is 1.75. The Morgan fingerprint density at radius 2 is 2.03 bits per heavy atom. The minimum Gasteiger partial charge on any atom is -0.424 e. The van der Waals surface area contributed by atoms with Crippen molar-refractivity contribution in [3.05, 3.63) is 45.8 Å². The van der Waals surface area contributed by atoms with E-state index >= 15 is 0 Å². The molecule has 1 aromatic carbocycles. The number of nitrogens with zero attached hydrogens (tertiary/aromatic N) is 4. The number of nitro benzene ring substituents is 1. The molecule has 1 aliphatic rings. The highest BCUT2D eigenvalue weighted by atomic mass is 19.3. The maximum Gasteiger partial charge on any atom is 0.514 e. The van der Waals surface area contributed by atoms with Crippen LogP contribution in [0.3, 0.4) is 0 Å². The summed E-state index contributed by atoms with van der Waals surface area (Å²) < 4.78 is 53.4. The molecule has 0 spiro atoms. The van der Waals surface area contributed by atoms with Crippen LogP contribution in [0.4, 0.5) is 23.7 Å². The molecule has 1 aromatic heterocycles. The molecule has 0 aliphatic heterocycles. The summed E-state index contributed by atoms with van der Waals surface area (Å²) in [5.74, 6) is -3.73. The molecule has 0 saturated carbocycles. The van der Waals surface area contributed by atoms with E-state index in [0.717, 1.165) is 28.9 Å². The lowest BCUT2D eigenvalue weighted by atomic mass is 9.95. The highest BCUT2D eigenvalue weighted by molar-refractivity contribution is 5.64. The van der Waals surface area contributed by atoms with Crippen molar-refractivity contribution in [2.75, 3.05) is 6.67 Å². The second kappa shape index (κ2) is 8.45. The number of alkyl halides is 3. The summed E-state index contributed by atoms with van der Waals surface area (Å²) in [6, 6.07) is 4.50. The predicted molar refractivity (Wildman–Crippen MR) is 91.4 cm³/mol. The van der Waals surface area contributed by atoms with Crippen molar-refractivity contribution in [1.82, 2.24) is 15.0 Å². The zero-order valence-electron chi connectivity index (χ0n) is 15.1. The number of aromatic nitrogens is 3. The Morgan fingerprint density at radius 3 is 2.69 bits per heavy atom. The van der Waals surface area contributed by atoms with Gasteiger partial charge >= 0.3 is 12.1 Å². The predicted octanol–water partition coefficient (Wildman–Crippen LogP) is 3.56. The van der Waals surface area contributed by atoms with E-state index in [9.17, 15) is 28.1 Å². The Hall–Kier alpha value is -3.18. The number of rotatable bonds is 5. The van der Waals surface area contributed by atoms with Crippen LogP contribution >= 0.6 is 0 Å². The fraction of sp³-hybridized carbons (Fsp3) is 0.471. The van der Waals surface area contributed by atoms with Gasteiger partial charge in [-0.3, -0.25) is 10.1 Å². The second-order valence-corrected chi connectivity index (χ2v) is 6.38. The van der Waals surface area contributed by atoms with Crippen molar-refractivity contribution in [2.45, 2.75) is 44.3 Å². The largest absolute Gasteiger partial charge is 0.514 e. The highest BCUT2D eigenvalue weighted by Gasteiger charge is 2.49. The lowest BCUT2D eigenvalue weighted by Gasteiger charge is -2.27. The number of fused-ring (bicyclic) bond motifs is 1. The highest BCUT2D eigenvalue weighted by Crippen LogP contribution is 2.39. The third-order valence-electron chi connectivity index (χ3n) is 4.47. The smallest absolute Gasteiger partial charge is 0.424 e. The van der Waals surface area contributed by atoms with Crippen LogP contribution in [0.1, 0.15) is 30.7 Å². The first-order valence-electron chi connectivity index (χ1n) is 8.82. The van der Waals surface area contributed by atoms with Crippen LogP contribution in [0, 0.1) is 10.1 Å². The quantitative estimate of drug-likeness (QED) is 0.318. The van der Waals surface area contributed by atoms with E-state index in [-0.39, 0.29) is 36.5 Å². The summed E-state index contributed by atoms with van der Waals surface area (Å²) >= 11 is 0. The maximum atomic E-state index is 15.0. The number of hydrogen-bond acceptors (Lipinski definition) is 7. The number of benzene rings is 1. The molecular formula is C17H17F3N4O5. The van der Waals surface area contributed by atoms with Gasteiger partial charge in [0.2, 0.25) is 0 Å². The number of ether oxygens (including phenoxy) is 2. The first-order chi connectivity index (χ1) is 13.8. The Bertz CT molecular complexity index is 888. The topological polar surface area (TPSA) is 109 Å². The Kier molecular flexibility index (Phi) is 5.99. The Labute approximate surface area is 162 Å².